The normalized spacial score (nSPS) is 12.9. The van der Waals surface area contributed by atoms with Crippen LogP contribution in [0.15, 0.2) is 79.0 Å². The lowest BCUT2D eigenvalue weighted by molar-refractivity contribution is 0.0789. The summed E-state index contributed by atoms with van der Waals surface area (Å²) in [7, 11) is 1.90. The molecule has 5 rings (SSSR count). The van der Waals surface area contributed by atoms with Crippen molar-refractivity contribution in [1.29, 1.82) is 0 Å². The first-order valence-corrected chi connectivity index (χ1v) is 10.3. The van der Waals surface area contributed by atoms with E-state index in [0.717, 1.165) is 27.6 Å². The van der Waals surface area contributed by atoms with Crippen molar-refractivity contribution in [3.05, 3.63) is 95.7 Å². The molecule has 32 heavy (non-hydrogen) atoms. The number of fused-ring (bicyclic) bond motifs is 2. The number of nitrogen functional groups attached to an aromatic ring is 1. The Hall–Kier alpha value is -4.19. The highest BCUT2D eigenvalue weighted by Gasteiger charge is 2.32. The second-order valence-electron chi connectivity index (χ2n) is 8.06. The average molecular weight is 422 g/mol. The maximum atomic E-state index is 13.2. The average Bonchev–Trinajstić information content (AvgIpc) is 3.34. The number of ketones is 1. The molecule has 0 aliphatic carbocycles. The van der Waals surface area contributed by atoms with E-state index in [4.69, 9.17) is 5.73 Å². The second kappa shape index (κ2) is 7.50. The fourth-order valence-corrected chi connectivity index (χ4v) is 4.31. The largest absolute Gasteiger partial charge is 0.398 e. The molecule has 0 atom stereocenters. The van der Waals surface area contributed by atoms with Gasteiger partial charge in [-0.15, -0.1) is 0 Å². The molecule has 2 N–H and O–H groups in total. The molecule has 0 radical (unpaired) electrons. The lowest BCUT2D eigenvalue weighted by atomic mass is 9.95. The number of hydrogen-bond donors (Lipinski definition) is 1. The minimum absolute atomic E-state index is 0.154. The van der Waals surface area contributed by atoms with Crippen molar-refractivity contribution in [2.75, 3.05) is 12.3 Å². The van der Waals surface area contributed by atoms with E-state index in [1.54, 1.807) is 23.1 Å². The smallest absolute Gasteiger partial charge is 0.256 e. The van der Waals surface area contributed by atoms with E-state index in [1.165, 1.54) is 0 Å². The third kappa shape index (κ3) is 3.17. The SMILES string of the molecule is C=C(CN1Cc2c(-c3ccc4cnn(C)c4c3)ccc(N)c2C1=O)C(=O)c1ccccc1. The summed E-state index contributed by atoms with van der Waals surface area (Å²) < 4.78 is 1.83. The molecule has 3 aromatic carbocycles. The van der Waals surface area contributed by atoms with Gasteiger partial charge < -0.3 is 10.6 Å². The Morgan fingerprint density at radius 2 is 1.91 bits per heavy atom. The molecule has 2 heterocycles. The van der Waals surface area contributed by atoms with E-state index in [-0.39, 0.29) is 18.2 Å². The van der Waals surface area contributed by atoms with Crippen LogP contribution in [0.25, 0.3) is 22.0 Å². The number of benzene rings is 3. The molecule has 0 unspecified atom stereocenters. The van der Waals surface area contributed by atoms with Gasteiger partial charge in [-0.3, -0.25) is 14.3 Å². The van der Waals surface area contributed by atoms with E-state index in [0.29, 0.717) is 28.9 Å². The standard InChI is InChI=1S/C26H22N4O2/c1-16(25(31)17-6-4-3-5-7-17)14-30-15-21-20(10-11-22(27)24(21)26(30)32)18-8-9-19-13-28-29(2)23(19)12-18/h3-13H,1,14-15,27H2,2H3. The number of carbonyl (C=O) groups is 2. The molecule has 4 aromatic rings. The van der Waals surface area contributed by atoms with Gasteiger partial charge in [0.1, 0.15) is 0 Å². The molecule has 0 bridgehead atoms. The van der Waals surface area contributed by atoms with E-state index >= 15 is 0 Å². The van der Waals surface area contributed by atoms with E-state index < -0.39 is 0 Å². The van der Waals surface area contributed by atoms with Crippen LogP contribution in [-0.4, -0.2) is 32.9 Å². The Balaban J connectivity index is 1.47. The Morgan fingerprint density at radius 3 is 2.69 bits per heavy atom. The fraction of sp³-hybridized carbons (Fsp3) is 0.115. The highest BCUT2D eigenvalue weighted by Crippen LogP contribution is 2.37. The molecule has 1 amide bonds. The summed E-state index contributed by atoms with van der Waals surface area (Å²) in [6, 6.07) is 18.8. The molecule has 6 heteroatoms. The number of aryl methyl sites for hydroxylation is 1. The Kier molecular flexibility index (Phi) is 4.63. The first-order chi connectivity index (χ1) is 15.4. The summed E-state index contributed by atoms with van der Waals surface area (Å²) in [4.78, 5) is 27.6. The number of nitrogens with zero attached hydrogens (tertiary/aromatic N) is 3. The van der Waals surface area contributed by atoms with Gasteiger partial charge in [0.25, 0.3) is 5.91 Å². The van der Waals surface area contributed by atoms with Crippen LogP contribution in [-0.2, 0) is 13.6 Å². The second-order valence-corrected chi connectivity index (χ2v) is 8.06. The number of rotatable bonds is 5. The van der Waals surface area contributed by atoms with Crippen molar-refractivity contribution < 1.29 is 9.59 Å². The minimum atomic E-state index is -0.178. The van der Waals surface area contributed by atoms with Gasteiger partial charge in [0.05, 0.1) is 17.3 Å². The van der Waals surface area contributed by atoms with E-state index in [2.05, 4.69) is 17.7 Å². The molecule has 1 aliphatic heterocycles. The van der Waals surface area contributed by atoms with Crippen molar-refractivity contribution in [3.8, 4) is 11.1 Å². The predicted octanol–water partition coefficient (Wildman–Crippen LogP) is 4.22. The van der Waals surface area contributed by atoms with E-state index in [1.807, 2.05) is 54.3 Å². The zero-order valence-electron chi connectivity index (χ0n) is 17.7. The maximum absolute atomic E-state index is 13.2. The van der Waals surface area contributed by atoms with Crippen molar-refractivity contribution in [1.82, 2.24) is 14.7 Å². The van der Waals surface area contributed by atoms with Crippen molar-refractivity contribution in [2.24, 2.45) is 7.05 Å². The van der Waals surface area contributed by atoms with Crippen LogP contribution >= 0.6 is 0 Å². The molecule has 0 spiro atoms. The molecule has 0 fully saturated rings. The van der Waals surface area contributed by atoms with Gasteiger partial charge in [-0.1, -0.05) is 55.1 Å². The maximum Gasteiger partial charge on any atom is 0.256 e. The van der Waals surface area contributed by atoms with Crippen molar-refractivity contribution in [3.63, 3.8) is 0 Å². The van der Waals surface area contributed by atoms with Gasteiger partial charge in [-0.05, 0) is 28.8 Å². The lowest BCUT2D eigenvalue weighted by Crippen LogP contribution is -2.28. The van der Waals surface area contributed by atoms with Crippen LogP contribution in [0.1, 0.15) is 26.3 Å². The Labute approximate surface area is 185 Å². The first kappa shape index (κ1) is 19.8. The summed E-state index contributed by atoms with van der Waals surface area (Å²) >= 11 is 0. The predicted molar refractivity (Wildman–Crippen MR) is 125 cm³/mol. The van der Waals surface area contributed by atoms with Crippen molar-refractivity contribution >= 4 is 28.3 Å². The third-order valence-electron chi connectivity index (χ3n) is 5.99. The summed E-state index contributed by atoms with van der Waals surface area (Å²) in [5.41, 5.74) is 11.9. The lowest BCUT2D eigenvalue weighted by Gasteiger charge is -2.17. The van der Waals surface area contributed by atoms with Crippen LogP contribution in [0.5, 0.6) is 0 Å². The van der Waals surface area contributed by atoms with Gasteiger partial charge in [0, 0.05) is 42.3 Å². The summed E-state index contributed by atoms with van der Waals surface area (Å²) in [5, 5.41) is 5.36. The fourth-order valence-electron chi connectivity index (χ4n) is 4.31. The molecule has 0 saturated carbocycles. The Morgan fingerprint density at radius 1 is 1.12 bits per heavy atom. The van der Waals surface area contributed by atoms with Gasteiger partial charge in [0.15, 0.2) is 5.78 Å². The van der Waals surface area contributed by atoms with Gasteiger partial charge >= 0.3 is 0 Å². The number of nitrogens with two attached hydrogens (primary N) is 1. The van der Waals surface area contributed by atoms with Crippen LogP contribution in [0, 0.1) is 0 Å². The van der Waals surface area contributed by atoms with Crippen LogP contribution in [0.2, 0.25) is 0 Å². The monoisotopic (exact) mass is 422 g/mol. The summed E-state index contributed by atoms with van der Waals surface area (Å²) in [6.45, 7) is 4.48. The number of hydrogen-bond acceptors (Lipinski definition) is 4. The number of amides is 1. The molecule has 1 aliphatic rings. The van der Waals surface area contributed by atoms with Crippen LogP contribution in [0.3, 0.4) is 0 Å². The quantitative estimate of drug-likeness (QED) is 0.297. The number of Topliss-reactive ketones (excluding diaryl/α,β-unsaturated/α-hetero) is 1. The topological polar surface area (TPSA) is 81.2 Å². The highest BCUT2D eigenvalue weighted by molar-refractivity contribution is 6.10. The third-order valence-corrected chi connectivity index (χ3v) is 5.99. The van der Waals surface area contributed by atoms with Crippen LogP contribution in [0.4, 0.5) is 5.69 Å². The molecular weight excluding hydrogens is 400 g/mol. The number of carbonyl (C=O) groups excluding carboxylic acids is 2. The van der Waals surface area contributed by atoms with Gasteiger partial charge in [0.2, 0.25) is 0 Å². The molecule has 158 valence electrons. The van der Waals surface area contributed by atoms with Crippen molar-refractivity contribution in [2.45, 2.75) is 6.54 Å². The van der Waals surface area contributed by atoms with E-state index in [9.17, 15) is 9.59 Å². The first-order valence-electron chi connectivity index (χ1n) is 10.3. The molecule has 6 nitrogen and oxygen atoms in total. The zero-order valence-corrected chi connectivity index (χ0v) is 17.7. The number of anilines is 1. The highest BCUT2D eigenvalue weighted by atomic mass is 16.2. The van der Waals surface area contributed by atoms with Crippen LogP contribution < -0.4 is 5.73 Å². The number of aromatic nitrogens is 2. The zero-order chi connectivity index (χ0) is 22.4. The summed E-state index contributed by atoms with van der Waals surface area (Å²) in [5.74, 6) is -0.341. The molecule has 0 saturated heterocycles. The molecular formula is C26H22N4O2. The molecule has 1 aromatic heterocycles. The van der Waals surface area contributed by atoms with Gasteiger partial charge in [-0.25, -0.2) is 0 Å². The van der Waals surface area contributed by atoms with Gasteiger partial charge in [-0.2, -0.15) is 5.10 Å². The minimum Gasteiger partial charge on any atom is -0.398 e. The Bertz CT molecular complexity index is 1400. The summed E-state index contributed by atoms with van der Waals surface area (Å²) in [6.07, 6.45) is 1.83.